The summed E-state index contributed by atoms with van der Waals surface area (Å²) in [6.45, 7) is 14.3. The third-order valence-corrected chi connectivity index (χ3v) is 10.6. The predicted octanol–water partition coefficient (Wildman–Crippen LogP) is 4.66. The number of aliphatic hydroxyl groups is 1. The van der Waals surface area contributed by atoms with Crippen LogP contribution in [0.5, 0.6) is 0 Å². The monoisotopic (exact) mass is 684 g/mol. The Labute approximate surface area is 310 Å². The van der Waals surface area contributed by atoms with Gasteiger partial charge in [-0.15, -0.1) is 39.9 Å². The van der Waals surface area contributed by atoms with Crippen LogP contribution in [0.3, 0.4) is 0 Å². The summed E-state index contributed by atoms with van der Waals surface area (Å²) in [5, 5.41) is 23.3. The van der Waals surface area contributed by atoms with Crippen LogP contribution < -0.4 is 20.7 Å². The van der Waals surface area contributed by atoms with Crippen molar-refractivity contribution in [2.24, 2.45) is 23.7 Å². The van der Waals surface area contributed by atoms with Crippen LogP contribution in [-0.2, 0) is 25.5 Å². The number of hydrogen-bond acceptors (Lipinski definition) is 5. The molecule has 9 nitrogen and oxygen atoms in total. The van der Waals surface area contributed by atoms with Crippen LogP contribution in [0.15, 0.2) is 40.4 Å². The zero-order chi connectivity index (χ0) is 35.3. The molecule has 6 rings (SSSR count). The van der Waals surface area contributed by atoms with Crippen molar-refractivity contribution < 1.29 is 24.2 Å². The molecule has 1 aliphatic carbocycles. The van der Waals surface area contributed by atoms with Crippen molar-refractivity contribution in [2.75, 3.05) is 13.7 Å². The molecule has 10 heteroatoms. The molecule has 0 radical (unpaired) electrons. The Morgan fingerprint density at radius 3 is 2.46 bits per heavy atom. The summed E-state index contributed by atoms with van der Waals surface area (Å²) in [4.78, 5) is 36.5. The number of rotatable bonds is 7. The fraction of sp³-hybridized carbons (Fsp3) is 0.450. The van der Waals surface area contributed by atoms with Crippen molar-refractivity contribution >= 4 is 52.7 Å². The smallest absolute Gasteiger partial charge is 0.681 e. The number of ether oxygens (including phenoxy) is 2. The van der Waals surface area contributed by atoms with Gasteiger partial charge in [-0.3, -0.25) is 9.59 Å². The average molecular weight is 685 g/mol. The third-order valence-electron chi connectivity index (χ3n) is 10.6. The van der Waals surface area contributed by atoms with E-state index in [-0.39, 0.29) is 59.8 Å². The summed E-state index contributed by atoms with van der Waals surface area (Å²) in [5.41, 5.74) is 10.0. The van der Waals surface area contributed by atoms with Crippen molar-refractivity contribution in [3.8, 4) is 12.3 Å². The minimum Gasteiger partial charge on any atom is -0.681 e. The number of terminal acetylenes is 1. The van der Waals surface area contributed by atoms with Crippen LogP contribution in [0.4, 0.5) is 0 Å². The van der Waals surface area contributed by atoms with Gasteiger partial charge in [0.05, 0.1) is 13.2 Å². The van der Waals surface area contributed by atoms with Crippen LogP contribution in [0, 0.1) is 49.9 Å². The number of esters is 2. The average Bonchev–Trinajstić information content (AvgIpc) is 3.80. The van der Waals surface area contributed by atoms with Gasteiger partial charge < -0.3 is 35.2 Å². The molecule has 5 heterocycles. The SMILES string of the molecule is C#C[C@H]1C(C)=C2/C=C3\[N-]C(C4=c5[n-]/c(c(C)c5[C@H](O)[C@@H]4C(=O)OC)=C\c4[n-]c(c(C)c4CC)/C=C/1[N-]2)[C@@H](CCC(=O)OCC=C(C)C)[C@@H]3C.[Mg+2]. The molecule has 6 atom stereocenters. The van der Waals surface area contributed by atoms with Crippen molar-refractivity contribution in [3.63, 3.8) is 0 Å². The number of carbonyl (C=O) groups excluding carboxylic acids is 2. The van der Waals surface area contributed by atoms with Crippen LogP contribution in [-0.4, -0.2) is 59.9 Å². The molecule has 1 N–H and O–H groups in total. The van der Waals surface area contributed by atoms with Crippen molar-refractivity contribution in [3.05, 3.63) is 95.4 Å². The number of carbonyl (C=O) groups is 2. The number of allylic oxidation sites excluding steroid dienone is 4. The van der Waals surface area contributed by atoms with Crippen molar-refractivity contribution in [2.45, 2.75) is 79.9 Å². The van der Waals surface area contributed by atoms with Gasteiger partial charge in [-0.1, -0.05) is 77.4 Å². The van der Waals surface area contributed by atoms with E-state index in [1.807, 2.05) is 52.0 Å². The van der Waals surface area contributed by atoms with Crippen LogP contribution in [0.1, 0.15) is 87.2 Å². The first-order valence-electron chi connectivity index (χ1n) is 17.0. The van der Waals surface area contributed by atoms with Gasteiger partial charge in [0, 0.05) is 12.3 Å². The van der Waals surface area contributed by atoms with Crippen LogP contribution in [0.25, 0.3) is 28.4 Å². The number of methoxy groups -OCH3 is 1. The molecular formula is C40H44MgN4O5-2. The topological polar surface area (TPSA) is 129 Å². The summed E-state index contributed by atoms with van der Waals surface area (Å²) in [7, 11) is 1.32. The first-order chi connectivity index (χ1) is 23.4. The zero-order valence-corrected chi connectivity index (χ0v) is 31.7. The Kier molecular flexibility index (Phi) is 11.0. The fourth-order valence-corrected chi connectivity index (χ4v) is 7.77. The normalized spacial score (nSPS) is 27.4. The minimum absolute atomic E-state index is 0. The molecule has 8 bridgehead atoms. The molecule has 4 aliphatic rings. The van der Waals surface area contributed by atoms with E-state index in [2.05, 4.69) is 26.7 Å². The maximum absolute atomic E-state index is 13.4. The maximum atomic E-state index is 13.4. The molecule has 0 aromatic carbocycles. The van der Waals surface area contributed by atoms with E-state index in [0.717, 1.165) is 62.7 Å². The van der Waals surface area contributed by atoms with Gasteiger partial charge in [-0.05, 0) is 70.9 Å². The Morgan fingerprint density at radius 2 is 1.80 bits per heavy atom. The Morgan fingerprint density at radius 1 is 1.06 bits per heavy atom. The van der Waals surface area contributed by atoms with E-state index in [0.29, 0.717) is 28.3 Å². The predicted molar refractivity (Wildman–Crippen MR) is 195 cm³/mol. The molecule has 50 heavy (non-hydrogen) atoms. The molecule has 1 unspecified atom stereocenters. The number of nitrogens with zero attached hydrogens (tertiary/aromatic N) is 4. The molecule has 0 spiro atoms. The molecule has 0 saturated carbocycles. The number of fused-ring (bicyclic) bond motifs is 8. The molecule has 258 valence electrons. The molecule has 0 amide bonds. The number of aromatic nitrogens is 2. The van der Waals surface area contributed by atoms with Gasteiger partial charge in [0.25, 0.3) is 0 Å². The van der Waals surface area contributed by atoms with Crippen molar-refractivity contribution in [1.29, 1.82) is 0 Å². The Hall–Kier alpha value is -3.91. The largest absolute Gasteiger partial charge is 2.00 e. The third kappa shape index (κ3) is 6.40. The maximum Gasteiger partial charge on any atom is 2.00 e. The first-order valence-corrected chi connectivity index (χ1v) is 17.0. The molecular weight excluding hydrogens is 641 g/mol. The summed E-state index contributed by atoms with van der Waals surface area (Å²) >= 11 is 0. The van der Waals surface area contributed by atoms with E-state index >= 15 is 0 Å². The van der Waals surface area contributed by atoms with Gasteiger partial charge in [0.2, 0.25) is 0 Å². The van der Waals surface area contributed by atoms with E-state index in [1.165, 1.54) is 7.11 Å². The molecule has 2 aromatic heterocycles. The Bertz CT molecular complexity index is 2010. The van der Waals surface area contributed by atoms with Gasteiger partial charge >= 0.3 is 35.0 Å². The van der Waals surface area contributed by atoms with Gasteiger partial charge in [0.1, 0.15) is 12.5 Å². The van der Waals surface area contributed by atoms with E-state index in [9.17, 15) is 14.7 Å². The second kappa shape index (κ2) is 14.7. The van der Waals surface area contributed by atoms with E-state index in [1.54, 1.807) is 0 Å². The van der Waals surface area contributed by atoms with E-state index in [4.69, 9.17) is 36.5 Å². The number of aliphatic hydroxyl groups excluding tert-OH is 1. The summed E-state index contributed by atoms with van der Waals surface area (Å²) in [6, 6.07) is -0.556. The van der Waals surface area contributed by atoms with Crippen LogP contribution in [0.2, 0.25) is 0 Å². The summed E-state index contributed by atoms with van der Waals surface area (Å²) in [5.74, 6) is 0.433. The summed E-state index contributed by atoms with van der Waals surface area (Å²) < 4.78 is 10.8. The molecule has 1 saturated heterocycles. The van der Waals surface area contributed by atoms with Gasteiger partial charge in [0.15, 0.2) is 0 Å². The van der Waals surface area contributed by atoms with Gasteiger partial charge in [-0.2, -0.15) is 5.70 Å². The molecule has 1 fully saturated rings. The first kappa shape index (κ1) is 37.3. The zero-order valence-electron chi connectivity index (χ0n) is 30.3. The number of hydrogen-bond donors (Lipinski definition) is 1. The minimum atomic E-state index is -1.16. The second-order valence-corrected chi connectivity index (χ2v) is 13.7. The molecule has 2 aromatic rings. The second-order valence-electron chi connectivity index (χ2n) is 13.7. The van der Waals surface area contributed by atoms with E-state index < -0.39 is 24.0 Å². The fourth-order valence-electron chi connectivity index (χ4n) is 7.77. The molecule has 3 aliphatic heterocycles. The van der Waals surface area contributed by atoms with Gasteiger partial charge in [-0.25, -0.2) is 0 Å². The Balaban J connectivity index is 0.00000486. The standard InChI is InChI=1S/C40H44N4O5.Mg/c1-10-24-20(5)27-16-29-22(7)26(12-13-33(45)49-15-14-19(3)4)37(43-29)35-36(40(47)48-9)39(46)34-23(8)30(44-38(34)35)18-32-25(11-2)21(6)28(42-32)17-31(24)41-27;/h1,14,16-18,22,24,26,36-37,39,46H,11-13,15H2,2-9H3;/q-4;+2/b29-16-,30-18-,31-17-;/t22-,24-,26-,36+,37?,39-;/m0./s1. The summed E-state index contributed by atoms with van der Waals surface area (Å²) in [6.07, 6.45) is 14.1. The van der Waals surface area contributed by atoms with Crippen molar-refractivity contribution in [1.82, 2.24) is 9.97 Å². The van der Waals surface area contributed by atoms with Crippen LogP contribution >= 0.6 is 0 Å². The quantitative estimate of drug-likeness (QED) is 0.194.